The van der Waals surface area contributed by atoms with Crippen molar-refractivity contribution in [3.8, 4) is 0 Å². The number of hydrogen-bond donors (Lipinski definition) is 1. The highest BCUT2D eigenvalue weighted by atomic mass is 32.2. The third-order valence-corrected chi connectivity index (χ3v) is 4.46. The lowest BCUT2D eigenvalue weighted by Crippen LogP contribution is -2.37. The molecule has 2 rings (SSSR count). The summed E-state index contributed by atoms with van der Waals surface area (Å²) in [7, 11) is -3.79. The molecule has 0 aromatic carbocycles. The Labute approximate surface area is 102 Å². The zero-order valence-corrected chi connectivity index (χ0v) is 10.6. The van der Waals surface area contributed by atoms with E-state index in [2.05, 4.69) is 0 Å². The summed E-state index contributed by atoms with van der Waals surface area (Å²) in [5.74, 6) is -0.540. The first-order valence-corrected chi connectivity index (χ1v) is 7.16. The third-order valence-electron chi connectivity index (χ3n) is 2.26. The molecule has 1 aromatic rings. The van der Waals surface area contributed by atoms with Crippen LogP contribution in [0.15, 0.2) is 11.0 Å². The quantitative estimate of drug-likeness (QED) is 0.799. The van der Waals surface area contributed by atoms with E-state index in [-0.39, 0.29) is 15.9 Å². The Hall–Kier alpha value is -0.960. The van der Waals surface area contributed by atoms with Crippen LogP contribution in [0.5, 0.6) is 0 Å². The van der Waals surface area contributed by atoms with Gasteiger partial charge in [0, 0.05) is 4.88 Å². The Bertz CT molecular complexity index is 544. The summed E-state index contributed by atoms with van der Waals surface area (Å²) >= 11 is 1.05. The van der Waals surface area contributed by atoms with Gasteiger partial charge in [-0.3, -0.25) is 0 Å². The molecule has 1 aliphatic heterocycles. The van der Waals surface area contributed by atoms with E-state index in [9.17, 15) is 13.2 Å². The fourth-order valence-electron chi connectivity index (χ4n) is 1.34. The SMILES string of the molecule is Cc1sc(C(=O)OC2COC2)cc1S(N)(=O)=O. The first-order chi connectivity index (χ1) is 7.88. The summed E-state index contributed by atoms with van der Waals surface area (Å²) < 4.78 is 32.3. The molecule has 0 amide bonds. The fourth-order valence-corrected chi connectivity index (χ4v) is 3.37. The van der Waals surface area contributed by atoms with E-state index in [0.29, 0.717) is 18.1 Å². The van der Waals surface area contributed by atoms with Crippen molar-refractivity contribution in [2.45, 2.75) is 17.9 Å². The predicted molar refractivity (Wildman–Crippen MR) is 60.5 cm³/mol. The van der Waals surface area contributed by atoms with Gasteiger partial charge in [-0.15, -0.1) is 11.3 Å². The maximum atomic E-state index is 11.6. The second-order valence-corrected chi connectivity index (χ2v) is 6.43. The van der Waals surface area contributed by atoms with Crippen molar-refractivity contribution in [2.75, 3.05) is 13.2 Å². The van der Waals surface area contributed by atoms with Gasteiger partial charge in [-0.25, -0.2) is 18.4 Å². The van der Waals surface area contributed by atoms with Gasteiger partial charge in [-0.2, -0.15) is 0 Å². The van der Waals surface area contributed by atoms with E-state index in [0.717, 1.165) is 11.3 Å². The standard InChI is InChI=1S/C9H11NO5S2/c1-5-8(17(10,12)13)2-7(16-5)9(11)15-6-3-14-4-6/h2,6H,3-4H2,1H3,(H2,10,12,13). The number of thiophene rings is 1. The normalized spacial score (nSPS) is 16.6. The molecule has 2 heterocycles. The summed E-state index contributed by atoms with van der Waals surface area (Å²) in [6, 6.07) is 1.25. The van der Waals surface area contributed by atoms with Crippen molar-refractivity contribution in [2.24, 2.45) is 5.14 Å². The van der Waals surface area contributed by atoms with Crippen LogP contribution in [0.4, 0.5) is 0 Å². The minimum atomic E-state index is -3.79. The van der Waals surface area contributed by atoms with Crippen LogP contribution in [0.25, 0.3) is 0 Å². The molecule has 0 bridgehead atoms. The maximum absolute atomic E-state index is 11.6. The number of esters is 1. The van der Waals surface area contributed by atoms with Crippen LogP contribution in [0.1, 0.15) is 14.5 Å². The zero-order valence-electron chi connectivity index (χ0n) is 9.00. The smallest absolute Gasteiger partial charge is 0.348 e. The van der Waals surface area contributed by atoms with E-state index in [1.54, 1.807) is 6.92 Å². The van der Waals surface area contributed by atoms with Crippen LogP contribution in [0.3, 0.4) is 0 Å². The van der Waals surface area contributed by atoms with Crippen LogP contribution >= 0.6 is 11.3 Å². The average Bonchev–Trinajstić information content (AvgIpc) is 2.53. The molecule has 1 fully saturated rings. The number of aryl methyl sites for hydroxylation is 1. The van der Waals surface area contributed by atoms with Crippen molar-refractivity contribution in [1.29, 1.82) is 0 Å². The number of rotatable bonds is 3. The van der Waals surface area contributed by atoms with E-state index >= 15 is 0 Å². The van der Waals surface area contributed by atoms with Crippen LogP contribution < -0.4 is 5.14 Å². The largest absolute Gasteiger partial charge is 0.453 e. The monoisotopic (exact) mass is 277 g/mol. The first kappa shape index (κ1) is 12.5. The van der Waals surface area contributed by atoms with Crippen molar-refractivity contribution in [3.63, 3.8) is 0 Å². The maximum Gasteiger partial charge on any atom is 0.348 e. The van der Waals surface area contributed by atoms with Crippen molar-refractivity contribution in [3.05, 3.63) is 15.8 Å². The first-order valence-electron chi connectivity index (χ1n) is 4.80. The molecule has 1 aliphatic rings. The van der Waals surface area contributed by atoms with Gasteiger partial charge in [0.25, 0.3) is 0 Å². The summed E-state index contributed by atoms with van der Waals surface area (Å²) in [5, 5.41) is 5.02. The molecule has 94 valence electrons. The molecule has 8 heteroatoms. The summed E-state index contributed by atoms with van der Waals surface area (Å²) in [5.41, 5.74) is 0. The van der Waals surface area contributed by atoms with Crippen LogP contribution in [0.2, 0.25) is 0 Å². The molecule has 0 unspecified atom stereocenters. The summed E-state index contributed by atoms with van der Waals surface area (Å²) in [6.45, 7) is 2.37. The van der Waals surface area contributed by atoms with Gasteiger partial charge in [0.05, 0.1) is 18.1 Å². The molecule has 0 spiro atoms. The molecular formula is C9H11NO5S2. The Morgan fingerprint density at radius 1 is 1.59 bits per heavy atom. The molecule has 1 saturated heterocycles. The molecule has 6 nitrogen and oxygen atoms in total. The topological polar surface area (TPSA) is 95.7 Å². The summed E-state index contributed by atoms with van der Waals surface area (Å²) in [4.78, 5) is 12.3. The highest BCUT2D eigenvalue weighted by molar-refractivity contribution is 7.89. The van der Waals surface area contributed by atoms with Gasteiger partial charge in [-0.1, -0.05) is 0 Å². The van der Waals surface area contributed by atoms with Gasteiger partial charge >= 0.3 is 5.97 Å². The number of hydrogen-bond acceptors (Lipinski definition) is 6. The molecule has 1 aromatic heterocycles. The minimum absolute atomic E-state index is 0.0284. The van der Waals surface area contributed by atoms with Crippen molar-refractivity contribution >= 4 is 27.3 Å². The van der Waals surface area contributed by atoms with E-state index < -0.39 is 16.0 Å². The van der Waals surface area contributed by atoms with E-state index in [4.69, 9.17) is 14.6 Å². The molecule has 2 N–H and O–H groups in total. The number of sulfonamides is 1. The van der Waals surface area contributed by atoms with Gasteiger partial charge < -0.3 is 9.47 Å². The van der Waals surface area contributed by atoms with Gasteiger partial charge in [0.2, 0.25) is 10.0 Å². The van der Waals surface area contributed by atoms with Crippen molar-refractivity contribution < 1.29 is 22.7 Å². The Morgan fingerprint density at radius 2 is 2.24 bits per heavy atom. The lowest BCUT2D eigenvalue weighted by Gasteiger charge is -2.25. The molecular weight excluding hydrogens is 266 g/mol. The van der Waals surface area contributed by atoms with Crippen LogP contribution in [-0.2, 0) is 19.5 Å². The minimum Gasteiger partial charge on any atom is -0.453 e. The second-order valence-electron chi connectivity index (χ2n) is 3.64. The lowest BCUT2D eigenvalue weighted by atomic mass is 10.3. The lowest BCUT2D eigenvalue weighted by molar-refractivity contribution is -0.103. The van der Waals surface area contributed by atoms with Gasteiger partial charge in [-0.05, 0) is 13.0 Å². The van der Waals surface area contributed by atoms with Crippen molar-refractivity contribution in [1.82, 2.24) is 0 Å². The predicted octanol–water partition coefficient (Wildman–Crippen LogP) is 0.260. The zero-order chi connectivity index (χ0) is 12.6. The highest BCUT2D eigenvalue weighted by Gasteiger charge is 2.26. The fraction of sp³-hybridized carbons (Fsp3) is 0.444. The molecule has 0 radical (unpaired) electrons. The number of nitrogens with two attached hydrogens (primary N) is 1. The number of carbonyl (C=O) groups excluding carboxylic acids is 1. The Morgan fingerprint density at radius 3 is 2.65 bits per heavy atom. The molecule has 0 aliphatic carbocycles. The van der Waals surface area contributed by atoms with Gasteiger partial charge in [0.1, 0.15) is 11.0 Å². The Kier molecular flexibility index (Phi) is 3.21. The molecule has 0 atom stereocenters. The van der Waals surface area contributed by atoms with Crippen LogP contribution in [0, 0.1) is 6.92 Å². The number of carbonyl (C=O) groups is 1. The number of primary sulfonamides is 1. The van der Waals surface area contributed by atoms with E-state index in [1.807, 2.05) is 0 Å². The summed E-state index contributed by atoms with van der Waals surface area (Å²) in [6.07, 6.45) is -0.233. The van der Waals surface area contributed by atoms with Crippen LogP contribution in [-0.4, -0.2) is 33.7 Å². The second kappa shape index (κ2) is 4.37. The van der Waals surface area contributed by atoms with Gasteiger partial charge in [0.15, 0.2) is 0 Å². The molecule has 17 heavy (non-hydrogen) atoms. The van der Waals surface area contributed by atoms with E-state index in [1.165, 1.54) is 6.07 Å². The third kappa shape index (κ3) is 2.65. The number of ether oxygens (including phenoxy) is 2. The molecule has 0 saturated carbocycles. The Balaban J connectivity index is 2.19. The average molecular weight is 277 g/mol. The highest BCUT2D eigenvalue weighted by Crippen LogP contribution is 2.26.